The number of nitrogens with zero attached hydrogens (tertiary/aromatic N) is 4. The molecule has 0 N–H and O–H groups in total. The van der Waals surface area contributed by atoms with E-state index in [0.717, 1.165) is 21.3 Å². The van der Waals surface area contributed by atoms with Gasteiger partial charge in [0, 0.05) is 17.2 Å². The second-order valence-corrected chi connectivity index (χ2v) is 7.59. The quantitative estimate of drug-likeness (QED) is 0.393. The third-order valence-corrected chi connectivity index (χ3v) is 5.21. The van der Waals surface area contributed by atoms with Crippen molar-refractivity contribution < 1.29 is 9.53 Å². The Hall–Kier alpha value is -3.19. The number of carbonyl (C=O) groups is 1. The second kappa shape index (κ2) is 9.09. The van der Waals surface area contributed by atoms with Gasteiger partial charge >= 0.3 is 0 Å². The number of pyridine rings is 1. The Morgan fingerprint density at radius 1 is 1.07 bits per heavy atom. The normalized spacial score (nSPS) is 10.9. The highest BCUT2D eigenvalue weighted by Gasteiger charge is 2.19. The van der Waals surface area contributed by atoms with Crippen molar-refractivity contribution in [3.63, 3.8) is 0 Å². The zero-order valence-electron chi connectivity index (χ0n) is 16.5. The minimum Gasteiger partial charge on any atom is -0.486 e. The zero-order valence-corrected chi connectivity index (χ0v) is 18.1. The molecule has 0 radical (unpaired) electrons. The molecule has 0 spiro atoms. The maximum absolute atomic E-state index is 13.2. The first-order valence-corrected chi connectivity index (χ1v) is 10.5. The minimum absolute atomic E-state index is 0.0589. The molecule has 0 aliphatic carbocycles. The SMILES string of the molecule is CCN(C(=O)Cn1c(COc2ccccc2)nc2ccccc21)c1ccc(Br)cn1. The van der Waals surface area contributed by atoms with Crippen molar-refractivity contribution in [2.24, 2.45) is 0 Å². The van der Waals surface area contributed by atoms with Crippen LogP contribution in [-0.2, 0) is 17.9 Å². The summed E-state index contributed by atoms with van der Waals surface area (Å²) in [7, 11) is 0. The van der Waals surface area contributed by atoms with Crippen LogP contribution >= 0.6 is 15.9 Å². The highest BCUT2D eigenvalue weighted by Crippen LogP contribution is 2.20. The van der Waals surface area contributed by atoms with E-state index in [2.05, 4.69) is 20.9 Å². The van der Waals surface area contributed by atoms with E-state index in [0.29, 0.717) is 18.2 Å². The van der Waals surface area contributed by atoms with Crippen molar-refractivity contribution in [2.45, 2.75) is 20.1 Å². The predicted octanol–water partition coefficient (Wildman–Crippen LogP) is 4.83. The van der Waals surface area contributed by atoms with E-state index in [1.54, 1.807) is 11.1 Å². The number of amides is 1. The number of hydrogen-bond acceptors (Lipinski definition) is 4. The fraction of sp³-hybridized carbons (Fsp3) is 0.174. The van der Waals surface area contributed by atoms with Gasteiger partial charge in [0.2, 0.25) is 5.91 Å². The second-order valence-electron chi connectivity index (χ2n) is 6.68. The molecular formula is C23H21BrN4O2. The van der Waals surface area contributed by atoms with E-state index in [4.69, 9.17) is 9.72 Å². The first-order valence-electron chi connectivity index (χ1n) is 9.69. The van der Waals surface area contributed by atoms with Crippen LogP contribution in [0.15, 0.2) is 77.4 Å². The van der Waals surface area contributed by atoms with Crippen molar-refractivity contribution in [2.75, 3.05) is 11.4 Å². The summed E-state index contributed by atoms with van der Waals surface area (Å²) >= 11 is 3.38. The highest BCUT2D eigenvalue weighted by atomic mass is 79.9. The molecule has 0 unspecified atom stereocenters. The molecule has 0 fully saturated rings. The number of rotatable bonds is 7. The van der Waals surface area contributed by atoms with Gasteiger partial charge in [-0.25, -0.2) is 9.97 Å². The van der Waals surface area contributed by atoms with Crippen molar-refractivity contribution in [1.82, 2.24) is 14.5 Å². The first-order chi connectivity index (χ1) is 14.7. The summed E-state index contributed by atoms with van der Waals surface area (Å²) in [4.78, 5) is 23.9. The Labute approximate surface area is 183 Å². The molecule has 2 aromatic heterocycles. The van der Waals surface area contributed by atoms with E-state index in [1.807, 2.05) is 78.2 Å². The van der Waals surface area contributed by atoms with Gasteiger partial charge in [-0.3, -0.25) is 9.69 Å². The standard InChI is InChI=1S/C23H21BrN4O2/c1-2-27(21-13-12-17(24)14-25-21)23(29)15-28-20-11-7-6-10-19(20)26-22(28)16-30-18-8-4-3-5-9-18/h3-14H,2,15-16H2,1H3. The van der Waals surface area contributed by atoms with Crippen molar-refractivity contribution >= 4 is 38.7 Å². The van der Waals surface area contributed by atoms with Crippen LogP contribution in [0.4, 0.5) is 5.82 Å². The van der Waals surface area contributed by atoms with E-state index in [-0.39, 0.29) is 19.1 Å². The lowest BCUT2D eigenvalue weighted by atomic mass is 10.3. The van der Waals surface area contributed by atoms with Gasteiger partial charge in [-0.15, -0.1) is 0 Å². The molecule has 0 saturated carbocycles. The fourth-order valence-corrected chi connectivity index (χ4v) is 3.53. The largest absolute Gasteiger partial charge is 0.486 e. The minimum atomic E-state index is -0.0589. The van der Waals surface area contributed by atoms with Crippen molar-refractivity contribution in [1.29, 1.82) is 0 Å². The monoisotopic (exact) mass is 464 g/mol. The maximum atomic E-state index is 13.2. The van der Waals surface area contributed by atoms with Gasteiger partial charge in [-0.05, 0) is 59.3 Å². The number of likely N-dealkylation sites (N-methyl/N-ethyl adjacent to an activating group) is 1. The van der Waals surface area contributed by atoms with Crippen LogP contribution in [0.25, 0.3) is 11.0 Å². The molecule has 2 heterocycles. The number of benzene rings is 2. The Morgan fingerprint density at radius 3 is 2.57 bits per heavy atom. The molecule has 0 atom stereocenters. The van der Waals surface area contributed by atoms with Gasteiger partial charge in [-0.1, -0.05) is 30.3 Å². The molecule has 0 bridgehead atoms. The number of carbonyl (C=O) groups excluding carboxylic acids is 1. The summed E-state index contributed by atoms with van der Waals surface area (Å²) in [5, 5.41) is 0. The van der Waals surface area contributed by atoms with E-state index >= 15 is 0 Å². The number of ether oxygens (including phenoxy) is 1. The van der Waals surface area contributed by atoms with Crippen molar-refractivity contribution in [3.05, 3.63) is 83.2 Å². The molecule has 0 saturated heterocycles. The Kier molecular flexibility index (Phi) is 6.09. The third-order valence-electron chi connectivity index (χ3n) is 4.74. The number of aromatic nitrogens is 3. The number of halogens is 1. The lowest BCUT2D eigenvalue weighted by Crippen LogP contribution is -2.34. The maximum Gasteiger partial charge on any atom is 0.248 e. The number of imidazole rings is 1. The molecular weight excluding hydrogens is 444 g/mol. The lowest BCUT2D eigenvalue weighted by Gasteiger charge is -2.21. The summed E-state index contributed by atoms with van der Waals surface area (Å²) in [6.45, 7) is 2.89. The molecule has 0 aliphatic rings. The molecule has 152 valence electrons. The predicted molar refractivity (Wildman–Crippen MR) is 120 cm³/mol. The zero-order chi connectivity index (χ0) is 20.9. The molecule has 4 rings (SSSR count). The topological polar surface area (TPSA) is 60.2 Å². The average molecular weight is 465 g/mol. The van der Waals surface area contributed by atoms with E-state index in [9.17, 15) is 4.79 Å². The van der Waals surface area contributed by atoms with Crippen LogP contribution in [0.2, 0.25) is 0 Å². The average Bonchev–Trinajstić information content (AvgIpc) is 3.12. The highest BCUT2D eigenvalue weighted by molar-refractivity contribution is 9.10. The van der Waals surface area contributed by atoms with Gasteiger partial charge in [0.15, 0.2) is 0 Å². The Morgan fingerprint density at radius 2 is 1.83 bits per heavy atom. The summed E-state index contributed by atoms with van der Waals surface area (Å²) in [5.41, 5.74) is 1.74. The van der Waals surface area contributed by atoms with Crippen LogP contribution in [-0.4, -0.2) is 27.0 Å². The van der Waals surface area contributed by atoms with Gasteiger partial charge in [0.05, 0.1) is 11.0 Å². The molecule has 6 nitrogen and oxygen atoms in total. The lowest BCUT2D eigenvalue weighted by molar-refractivity contribution is -0.119. The van der Waals surface area contributed by atoms with Crippen LogP contribution in [0.5, 0.6) is 5.75 Å². The van der Waals surface area contributed by atoms with Gasteiger partial charge < -0.3 is 9.30 Å². The van der Waals surface area contributed by atoms with Crippen LogP contribution in [0.3, 0.4) is 0 Å². The smallest absolute Gasteiger partial charge is 0.248 e. The molecule has 4 aromatic rings. The Bertz CT molecular complexity index is 1140. The summed E-state index contributed by atoms with van der Waals surface area (Å²) in [5.74, 6) is 2.03. The third kappa shape index (κ3) is 4.36. The van der Waals surface area contributed by atoms with Crippen LogP contribution in [0, 0.1) is 0 Å². The van der Waals surface area contributed by atoms with Crippen molar-refractivity contribution in [3.8, 4) is 5.75 Å². The van der Waals surface area contributed by atoms with Crippen LogP contribution in [0.1, 0.15) is 12.7 Å². The Balaban J connectivity index is 1.61. The fourth-order valence-electron chi connectivity index (χ4n) is 3.29. The summed E-state index contributed by atoms with van der Waals surface area (Å²) in [6.07, 6.45) is 1.69. The van der Waals surface area contributed by atoms with Crippen LogP contribution < -0.4 is 9.64 Å². The van der Waals surface area contributed by atoms with Gasteiger partial charge in [0.1, 0.15) is 30.5 Å². The number of fused-ring (bicyclic) bond motifs is 1. The molecule has 1 amide bonds. The number of hydrogen-bond donors (Lipinski definition) is 0. The van der Waals surface area contributed by atoms with Gasteiger partial charge in [-0.2, -0.15) is 0 Å². The van der Waals surface area contributed by atoms with E-state index < -0.39 is 0 Å². The number of para-hydroxylation sites is 3. The molecule has 2 aromatic carbocycles. The van der Waals surface area contributed by atoms with Gasteiger partial charge in [0.25, 0.3) is 0 Å². The molecule has 7 heteroatoms. The summed E-state index contributed by atoms with van der Waals surface area (Å²) in [6, 6.07) is 21.1. The molecule has 30 heavy (non-hydrogen) atoms. The first kappa shape index (κ1) is 20.1. The van der Waals surface area contributed by atoms with E-state index in [1.165, 1.54) is 0 Å². The number of anilines is 1. The molecule has 0 aliphatic heterocycles. The summed E-state index contributed by atoms with van der Waals surface area (Å²) < 4.78 is 8.69.